The number of aliphatic hydroxyl groups is 1. The molecule has 4 heteroatoms. The molecule has 0 bridgehead atoms. The molecule has 1 atom stereocenters. The van der Waals surface area contributed by atoms with E-state index in [9.17, 15) is 9.90 Å². The zero-order valence-corrected chi connectivity index (χ0v) is 32.0. The van der Waals surface area contributed by atoms with Crippen LogP contribution in [0.1, 0.15) is 200 Å². The highest BCUT2D eigenvalue weighted by Gasteiger charge is 2.13. The minimum Gasteiger partial charge on any atom is -0.457 e. The van der Waals surface area contributed by atoms with Crippen LogP contribution in [-0.4, -0.2) is 37.0 Å². The molecule has 0 aliphatic carbocycles. The van der Waals surface area contributed by atoms with Crippen molar-refractivity contribution in [3.05, 3.63) is 48.6 Å². The molecule has 48 heavy (non-hydrogen) atoms. The van der Waals surface area contributed by atoms with Crippen LogP contribution in [0.2, 0.25) is 0 Å². The van der Waals surface area contributed by atoms with Gasteiger partial charge in [0, 0.05) is 13.0 Å². The molecule has 0 fully saturated rings. The Morgan fingerprint density at radius 2 is 0.938 bits per heavy atom. The fourth-order valence-corrected chi connectivity index (χ4v) is 5.85. The van der Waals surface area contributed by atoms with Crippen molar-refractivity contribution < 1.29 is 19.4 Å². The van der Waals surface area contributed by atoms with Crippen LogP contribution in [0.5, 0.6) is 0 Å². The molecule has 0 spiro atoms. The summed E-state index contributed by atoms with van der Waals surface area (Å²) >= 11 is 0. The predicted octanol–water partition coefficient (Wildman–Crippen LogP) is 13.5. The number of allylic oxidation sites excluding steroid dienone is 8. The number of esters is 1. The Labute approximate surface area is 299 Å². The van der Waals surface area contributed by atoms with E-state index in [4.69, 9.17) is 9.47 Å². The van der Waals surface area contributed by atoms with Gasteiger partial charge in [-0.25, -0.2) is 0 Å². The maximum atomic E-state index is 12.2. The molecule has 0 heterocycles. The minimum atomic E-state index is -0.538. The molecule has 280 valence electrons. The minimum absolute atomic E-state index is 0.175. The highest BCUT2D eigenvalue weighted by atomic mass is 16.6. The SMILES string of the molecule is CC/C=C\C/C=C\C/C=C\C/C=C\CCCCCCCCCOCC(CO)OC(=O)CCCCCCCCCCCCCCCCCC. The van der Waals surface area contributed by atoms with Crippen molar-refractivity contribution in [3.63, 3.8) is 0 Å². The molecular formula is C44H80O4. The molecule has 0 aromatic carbocycles. The molecule has 0 aromatic rings. The van der Waals surface area contributed by atoms with Crippen molar-refractivity contribution in [2.75, 3.05) is 19.8 Å². The van der Waals surface area contributed by atoms with E-state index in [0.717, 1.165) is 44.9 Å². The monoisotopic (exact) mass is 673 g/mol. The lowest BCUT2D eigenvalue weighted by atomic mass is 10.0. The van der Waals surface area contributed by atoms with Crippen molar-refractivity contribution in [2.45, 2.75) is 206 Å². The van der Waals surface area contributed by atoms with Crippen LogP contribution in [0.4, 0.5) is 0 Å². The zero-order chi connectivity index (χ0) is 34.9. The fourth-order valence-electron chi connectivity index (χ4n) is 5.85. The Morgan fingerprint density at radius 1 is 0.521 bits per heavy atom. The van der Waals surface area contributed by atoms with E-state index in [1.165, 1.54) is 135 Å². The van der Waals surface area contributed by atoms with Gasteiger partial charge in [0.05, 0.1) is 13.2 Å². The van der Waals surface area contributed by atoms with E-state index in [1.54, 1.807) is 0 Å². The van der Waals surface area contributed by atoms with Crippen molar-refractivity contribution in [1.29, 1.82) is 0 Å². The normalized spacial score (nSPS) is 12.8. The van der Waals surface area contributed by atoms with E-state index < -0.39 is 6.10 Å². The van der Waals surface area contributed by atoms with E-state index >= 15 is 0 Å². The maximum absolute atomic E-state index is 12.2. The molecule has 0 radical (unpaired) electrons. The molecule has 4 nitrogen and oxygen atoms in total. The summed E-state index contributed by atoms with van der Waals surface area (Å²) in [4.78, 5) is 12.2. The second-order valence-corrected chi connectivity index (χ2v) is 13.7. The molecule has 0 aliphatic rings. The van der Waals surface area contributed by atoms with E-state index in [0.29, 0.717) is 19.6 Å². The predicted molar refractivity (Wildman–Crippen MR) is 210 cm³/mol. The average Bonchev–Trinajstić information content (AvgIpc) is 3.09. The molecule has 1 N–H and O–H groups in total. The Balaban J connectivity index is 3.45. The lowest BCUT2D eigenvalue weighted by Gasteiger charge is -2.16. The van der Waals surface area contributed by atoms with Crippen LogP contribution in [0, 0.1) is 0 Å². The molecule has 0 aliphatic heterocycles. The van der Waals surface area contributed by atoms with Crippen molar-refractivity contribution in [3.8, 4) is 0 Å². The molecule has 0 rings (SSSR count). The summed E-state index contributed by atoms with van der Waals surface area (Å²) in [5.41, 5.74) is 0. The van der Waals surface area contributed by atoms with Gasteiger partial charge in [-0.1, -0.05) is 191 Å². The number of hydrogen-bond acceptors (Lipinski definition) is 4. The molecular weight excluding hydrogens is 592 g/mol. The van der Waals surface area contributed by atoms with Gasteiger partial charge in [0.1, 0.15) is 6.10 Å². The summed E-state index contributed by atoms with van der Waals surface area (Å²) in [6.45, 7) is 5.23. The van der Waals surface area contributed by atoms with E-state index in [1.807, 2.05) is 0 Å². The first-order chi connectivity index (χ1) is 23.7. The summed E-state index contributed by atoms with van der Waals surface area (Å²) in [5.74, 6) is -0.204. The first kappa shape index (κ1) is 46.4. The molecule has 0 saturated heterocycles. The van der Waals surface area contributed by atoms with Gasteiger partial charge in [-0.15, -0.1) is 0 Å². The van der Waals surface area contributed by atoms with Gasteiger partial charge in [-0.3, -0.25) is 4.79 Å². The third-order valence-corrected chi connectivity index (χ3v) is 8.92. The highest BCUT2D eigenvalue weighted by Crippen LogP contribution is 2.15. The van der Waals surface area contributed by atoms with Gasteiger partial charge in [0.25, 0.3) is 0 Å². The van der Waals surface area contributed by atoms with Crippen LogP contribution in [0.15, 0.2) is 48.6 Å². The fraction of sp³-hybridized carbons (Fsp3) is 0.795. The second-order valence-electron chi connectivity index (χ2n) is 13.7. The highest BCUT2D eigenvalue weighted by molar-refractivity contribution is 5.69. The van der Waals surface area contributed by atoms with Crippen LogP contribution in [0.25, 0.3) is 0 Å². The average molecular weight is 673 g/mol. The first-order valence-electron chi connectivity index (χ1n) is 20.7. The van der Waals surface area contributed by atoms with E-state index in [2.05, 4.69) is 62.5 Å². The summed E-state index contributed by atoms with van der Waals surface area (Å²) in [6.07, 6.45) is 53.1. The third-order valence-electron chi connectivity index (χ3n) is 8.92. The first-order valence-corrected chi connectivity index (χ1v) is 20.7. The summed E-state index contributed by atoms with van der Waals surface area (Å²) in [6, 6.07) is 0. The van der Waals surface area contributed by atoms with Gasteiger partial charge < -0.3 is 14.6 Å². The molecule has 1 unspecified atom stereocenters. The number of rotatable bonds is 38. The Bertz CT molecular complexity index is 753. The Hall–Kier alpha value is -1.65. The number of carbonyl (C=O) groups excluding carboxylic acids is 1. The number of ether oxygens (including phenoxy) is 2. The number of unbranched alkanes of at least 4 members (excludes halogenated alkanes) is 22. The smallest absolute Gasteiger partial charge is 0.306 e. The molecule has 0 saturated carbocycles. The second kappa shape index (κ2) is 41.5. The Kier molecular flexibility index (Phi) is 40.1. The largest absolute Gasteiger partial charge is 0.457 e. The van der Waals surface area contributed by atoms with Crippen molar-refractivity contribution in [1.82, 2.24) is 0 Å². The summed E-state index contributed by atoms with van der Waals surface area (Å²) in [7, 11) is 0. The van der Waals surface area contributed by atoms with Gasteiger partial charge in [0.2, 0.25) is 0 Å². The summed E-state index contributed by atoms with van der Waals surface area (Å²) < 4.78 is 11.1. The lowest BCUT2D eigenvalue weighted by Crippen LogP contribution is -2.27. The van der Waals surface area contributed by atoms with E-state index in [-0.39, 0.29) is 12.6 Å². The summed E-state index contributed by atoms with van der Waals surface area (Å²) in [5, 5.41) is 9.59. The van der Waals surface area contributed by atoms with Crippen LogP contribution in [0.3, 0.4) is 0 Å². The topological polar surface area (TPSA) is 55.8 Å². The molecule has 0 aromatic heterocycles. The van der Waals surface area contributed by atoms with Crippen LogP contribution < -0.4 is 0 Å². The third kappa shape index (κ3) is 38.8. The maximum Gasteiger partial charge on any atom is 0.306 e. The number of hydrogen-bond donors (Lipinski definition) is 1. The number of aliphatic hydroxyl groups excluding tert-OH is 1. The van der Waals surface area contributed by atoms with Crippen molar-refractivity contribution >= 4 is 5.97 Å². The lowest BCUT2D eigenvalue weighted by molar-refractivity contribution is -0.154. The van der Waals surface area contributed by atoms with Gasteiger partial charge in [-0.05, 0) is 51.4 Å². The number of carbonyl (C=O) groups is 1. The molecule has 0 amide bonds. The zero-order valence-electron chi connectivity index (χ0n) is 32.0. The van der Waals surface area contributed by atoms with Gasteiger partial charge >= 0.3 is 5.97 Å². The van der Waals surface area contributed by atoms with Crippen LogP contribution in [-0.2, 0) is 14.3 Å². The van der Waals surface area contributed by atoms with Crippen LogP contribution >= 0.6 is 0 Å². The standard InChI is InChI=1S/C44H80O4/c1-3-5-7-9-11-13-15-17-19-21-22-23-24-26-28-30-32-34-36-38-40-47-42-43(41-45)48-44(46)39-37-35-33-31-29-27-25-20-18-16-14-12-10-8-6-4-2/h5,7,11,13,17,19,22-23,43,45H,3-4,6,8-10,12,14-16,18,20-21,24-42H2,1-2H3/b7-5-,13-11-,19-17-,23-22-. The van der Waals surface area contributed by atoms with Crippen molar-refractivity contribution in [2.24, 2.45) is 0 Å². The van der Waals surface area contributed by atoms with Gasteiger partial charge in [0.15, 0.2) is 0 Å². The quantitative estimate of drug-likeness (QED) is 0.0403. The van der Waals surface area contributed by atoms with Gasteiger partial charge in [-0.2, -0.15) is 0 Å². The Morgan fingerprint density at radius 3 is 1.42 bits per heavy atom.